The molecule has 102 valence electrons. The van der Waals surface area contributed by atoms with Gasteiger partial charge in [-0.3, -0.25) is 4.72 Å². The number of nitrogens with one attached hydrogen (secondary N) is 2. The molecule has 8 heteroatoms. The monoisotopic (exact) mass is 292 g/mol. The first-order valence-electron chi connectivity index (χ1n) is 5.41. The minimum absolute atomic E-state index is 0.0373. The van der Waals surface area contributed by atoms with Crippen LogP contribution in [0.5, 0.6) is 0 Å². The zero-order chi connectivity index (χ0) is 13.8. The van der Waals surface area contributed by atoms with Crippen LogP contribution in [0.1, 0.15) is 13.8 Å². The van der Waals surface area contributed by atoms with E-state index in [1.54, 1.807) is 6.92 Å². The van der Waals surface area contributed by atoms with Crippen molar-refractivity contribution in [2.24, 2.45) is 0 Å². The summed E-state index contributed by atoms with van der Waals surface area (Å²) in [6.07, 6.45) is 0. The largest absolute Gasteiger partial charge is 0.284 e. The Balaban J connectivity index is 2.94. The molecule has 6 nitrogen and oxygen atoms in total. The highest BCUT2D eigenvalue weighted by molar-refractivity contribution is 7.92. The quantitative estimate of drug-likeness (QED) is 0.809. The van der Waals surface area contributed by atoms with Crippen LogP contribution >= 0.6 is 0 Å². The van der Waals surface area contributed by atoms with Crippen molar-refractivity contribution < 1.29 is 16.8 Å². The summed E-state index contributed by atoms with van der Waals surface area (Å²) in [5.74, 6) is -0.0373. The second-order valence-corrected chi connectivity index (χ2v) is 7.31. The lowest BCUT2D eigenvalue weighted by molar-refractivity contribution is 0.584. The number of anilines is 1. The van der Waals surface area contributed by atoms with Gasteiger partial charge in [0.1, 0.15) is 0 Å². The first-order chi connectivity index (χ1) is 8.30. The second-order valence-electron chi connectivity index (χ2n) is 3.53. The summed E-state index contributed by atoms with van der Waals surface area (Å²) in [5, 5.41) is 0. The van der Waals surface area contributed by atoms with E-state index in [0.29, 0.717) is 12.2 Å². The molecule has 0 aliphatic heterocycles. The highest BCUT2D eigenvalue weighted by Gasteiger charge is 2.13. The van der Waals surface area contributed by atoms with Crippen molar-refractivity contribution in [2.75, 3.05) is 17.0 Å². The standard InChI is InChI=1S/C10H16N2O4S2/c1-3-11-18(15,16)10-7-5-9(6-8-10)12-17(13,14)4-2/h5-8,11-12H,3-4H2,1-2H3. The number of rotatable bonds is 6. The Bertz CT molecular complexity index is 591. The SMILES string of the molecule is CCNS(=O)(=O)c1ccc(NS(=O)(=O)CC)cc1. The smallest absolute Gasteiger partial charge is 0.240 e. The molecule has 2 N–H and O–H groups in total. The molecule has 18 heavy (non-hydrogen) atoms. The van der Waals surface area contributed by atoms with Crippen molar-refractivity contribution in [3.63, 3.8) is 0 Å². The summed E-state index contributed by atoms with van der Waals surface area (Å²) < 4.78 is 50.6. The Kier molecular flexibility index (Phi) is 4.71. The molecule has 0 radical (unpaired) electrons. The first-order valence-corrected chi connectivity index (χ1v) is 8.54. The Morgan fingerprint density at radius 2 is 1.56 bits per heavy atom. The average Bonchev–Trinajstić information content (AvgIpc) is 2.29. The van der Waals surface area contributed by atoms with Gasteiger partial charge in [-0.05, 0) is 31.2 Å². The van der Waals surface area contributed by atoms with Crippen LogP contribution in [0.3, 0.4) is 0 Å². The van der Waals surface area contributed by atoms with Crippen LogP contribution in [-0.4, -0.2) is 29.1 Å². The molecule has 0 unspecified atom stereocenters. The lowest BCUT2D eigenvalue weighted by atomic mass is 10.3. The van der Waals surface area contributed by atoms with E-state index in [4.69, 9.17) is 0 Å². The van der Waals surface area contributed by atoms with E-state index in [1.807, 2.05) is 0 Å². The van der Waals surface area contributed by atoms with Gasteiger partial charge in [-0.2, -0.15) is 0 Å². The van der Waals surface area contributed by atoms with Crippen molar-refractivity contribution >= 4 is 25.7 Å². The lowest BCUT2D eigenvalue weighted by Gasteiger charge is -2.07. The molecule has 1 rings (SSSR count). The third kappa shape index (κ3) is 3.97. The van der Waals surface area contributed by atoms with E-state index in [1.165, 1.54) is 31.2 Å². The van der Waals surface area contributed by atoms with E-state index < -0.39 is 20.0 Å². The Hall–Kier alpha value is -1.12. The molecule has 1 aromatic carbocycles. The summed E-state index contributed by atoms with van der Waals surface area (Å²) in [6, 6.07) is 5.53. The molecule has 0 heterocycles. The predicted octanol–water partition coefficient (Wildman–Crippen LogP) is 0.746. The van der Waals surface area contributed by atoms with E-state index in [9.17, 15) is 16.8 Å². The van der Waals surface area contributed by atoms with E-state index in [-0.39, 0.29) is 10.6 Å². The molecule has 0 saturated heterocycles. The van der Waals surface area contributed by atoms with Gasteiger partial charge < -0.3 is 0 Å². The summed E-state index contributed by atoms with van der Waals surface area (Å²) in [4.78, 5) is 0.101. The van der Waals surface area contributed by atoms with Gasteiger partial charge in [-0.15, -0.1) is 0 Å². The van der Waals surface area contributed by atoms with Gasteiger partial charge >= 0.3 is 0 Å². The fraction of sp³-hybridized carbons (Fsp3) is 0.400. The van der Waals surface area contributed by atoms with E-state index in [0.717, 1.165) is 0 Å². The summed E-state index contributed by atoms with van der Waals surface area (Å²) in [7, 11) is -6.85. The molecule has 0 aromatic heterocycles. The fourth-order valence-corrected chi connectivity index (χ4v) is 2.91. The van der Waals surface area contributed by atoms with Crippen molar-refractivity contribution in [1.82, 2.24) is 4.72 Å². The van der Waals surface area contributed by atoms with Gasteiger partial charge in [0.2, 0.25) is 20.0 Å². The van der Waals surface area contributed by atoms with Gasteiger partial charge in [0.25, 0.3) is 0 Å². The molecule has 0 bridgehead atoms. The molecule has 1 aromatic rings. The van der Waals surface area contributed by atoms with Gasteiger partial charge in [-0.25, -0.2) is 21.6 Å². The Morgan fingerprint density at radius 1 is 1.00 bits per heavy atom. The fourth-order valence-electron chi connectivity index (χ4n) is 1.23. The van der Waals surface area contributed by atoms with Crippen LogP contribution in [0.15, 0.2) is 29.2 Å². The minimum atomic E-state index is -3.50. The number of benzene rings is 1. The second kappa shape index (κ2) is 5.68. The highest BCUT2D eigenvalue weighted by atomic mass is 32.2. The van der Waals surface area contributed by atoms with Crippen LogP contribution in [-0.2, 0) is 20.0 Å². The normalized spacial score (nSPS) is 12.3. The zero-order valence-corrected chi connectivity index (χ0v) is 11.8. The molecule has 0 fully saturated rings. The van der Waals surface area contributed by atoms with E-state index in [2.05, 4.69) is 9.44 Å². The van der Waals surface area contributed by atoms with Gasteiger partial charge in [0.05, 0.1) is 10.6 Å². The molecule has 0 saturated carbocycles. The van der Waals surface area contributed by atoms with Crippen LogP contribution in [0.4, 0.5) is 5.69 Å². The van der Waals surface area contributed by atoms with Crippen LogP contribution in [0, 0.1) is 0 Å². The van der Waals surface area contributed by atoms with Gasteiger partial charge in [-0.1, -0.05) is 6.92 Å². The molecular weight excluding hydrogens is 276 g/mol. The lowest BCUT2D eigenvalue weighted by Crippen LogP contribution is -2.23. The molecule has 0 amide bonds. The molecule has 0 spiro atoms. The van der Waals surface area contributed by atoms with Gasteiger partial charge in [0.15, 0.2) is 0 Å². The number of hydrogen-bond acceptors (Lipinski definition) is 4. The van der Waals surface area contributed by atoms with E-state index >= 15 is 0 Å². The van der Waals surface area contributed by atoms with Gasteiger partial charge in [0, 0.05) is 12.2 Å². The third-order valence-corrected chi connectivity index (χ3v) is 5.02. The first kappa shape index (κ1) is 14.9. The average molecular weight is 292 g/mol. The Morgan fingerprint density at radius 3 is 2.00 bits per heavy atom. The highest BCUT2D eigenvalue weighted by Crippen LogP contribution is 2.15. The molecule has 0 atom stereocenters. The molecule has 0 aliphatic rings. The summed E-state index contributed by atoms with van der Waals surface area (Å²) in [5.41, 5.74) is 0.340. The number of hydrogen-bond donors (Lipinski definition) is 2. The molecule has 0 aliphatic carbocycles. The maximum absolute atomic E-state index is 11.6. The third-order valence-electron chi connectivity index (χ3n) is 2.15. The van der Waals surface area contributed by atoms with Crippen molar-refractivity contribution in [3.05, 3.63) is 24.3 Å². The zero-order valence-electron chi connectivity index (χ0n) is 10.2. The summed E-state index contributed by atoms with van der Waals surface area (Å²) in [6.45, 7) is 3.50. The Labute approximate surface area is 108 Å². The van der Waals surface area contributed by atoms with Crippen molar-refractivity contribution in [2.45, 2.75) is 18.7 Å². The minimum Gasteiger partial charge on any atom is -0.284 e. The summed E-state index contributed by atoms with van der Waals surface area (Å²) >= 11 is 0. The van der Waals surface area contributed by atoms with Crippen LogP contribution in [0.25, 0.3) is 0 Å². The predicted molar refractivity (Wildman–Crippen MR) is 70.4 cm³/mol. The number of sulfonamides is 2. The van der Waals surface area contributed by atoms with Crippen molar-refractivity contribution in [1.29, 1.82) is 0 Å². The maximum Gasteiger partial charge on any atom is 0.240 e. The molecular formula is C10H16N2O4S2. The van der Waals surface area contributed by atoms with Crippen molar-refractivity contribution in [3.8, 4) is 0 Å². The maximum atomic E-state index is 11.6. The van der Waals surface area contributed by atoms with Crippen LogP contribution < -0.4 is 9.44 Å². The van der Waals surface area contributed by atoms with Crippen LogP contribution in [0.2, 0.25) is 0 Å². The topological polar surface area (TPSA) is 92.3 Å².